The molecule has 0 saturated heterocycles. The summed E-state index contributed by atoms with van der Waals surface area (Å²) in [7, 11) is -3.70. The number of nitrogens with zero attached hydrogens (tertiary/aromatic N) is 3. The monoisotopic (exact) mass is 344 g/mol. The first kappa shape index (κ1) is 14.0. The van der Waals surface area contributed by atoms with E-state index in [1.54, 1.807) is 17.6 Å². The Hall–Kier alpha value is -1.41. The molecule has 0 amide bonds. The van der Waals surface area contributed by atoms with Gasteiger partial charge in [0.25, 0.3) is 10.0 Å². The summed E-state index contributed by atoms with van der Waals surface area (Å²) in [5.41, 5.74) is 0.730. The average Bonchev–Trinajstić information content (AvgIpc) is 2.82. The molecule has 19 heavy (non-hydrogen) atoms. The third-order valence-corrected chi connectivity index (χ3v) is 4.18. The number of halogens is 1. The van der Waals surface area contributed by atoms with E-state index >= 15 is 0 Å². The lowest BCUT2D eigenvalue weighted by Gasteiger charge is -2.07. The molecule has 0 atom stereocenters. The average molecular weight is 345 g/mol. The predicted molar refractivity (Wildman–Crippen MR) is 75.4 cm³/mol. The van der Waals surface area contributed by atoms with E-state index in [9.17, 15) is 8.42 Å². The molecular weight excluding hydrogens is 332 g/mol. The molecule has 0 radical (unpaired) electrons. The van der Waals surface area contributed by atoms with Gasteiger partial charge in [-0.15, -0.1) is 0 Å². The van der Waals surface area contributed by atoms with Crippen LogP contribution < -0.4 is 4.72 Å². The number of rotatable bonds is 4. The highest BCUT2D eigenvalue weighted by Crippen LogP contribution is 2.19. The van der Waals surface area contributed by atoms with Crippen molar-refractivity contribution in [2.75, 3.05) is 4.72 Å². The van der Waals surface area contributed by atoms with E-state index in [-0.39, 0.29) is 5.03 Å². The van der Waals surface area contributed by atoms with Crippen LogP contribution in [-0.4, -0.2) is 23.0 Å². The molecule has 1 N–H and O–H groups in total. The van der Waals surface area contributed by atoms with E-state index in [1.807, 2.05) is 6.92 Å². The lowest BCUT2D eigenvalue weighted by atomic mass is 10.3. The largest absolute Gasteiger partial charge is 0.336 e. The molecule has 6 nitrogen and oxygen atoms in total. The highest BCUT2D eigenvalue weighted by molar-refractivity contribution is 9.10. The molecule has 0 saturated carbocycles. The zero-order valence-electron chi connectivity index (χ0n) is 10.5. The number of hydrogen-bond acceptors (Lipinski definition) is 4. The van der Waals surface area contributed by atoms with E-state index < -0.39 is 10.0 Å². The second-order valence-corrected chi connectivity index (χ2v) is 6.51. The third kappa shape index (κ3) is 3.13. The van der Waals surface area contributed by atoms with Crippen molar-refractivity contribution in [3.8, 4) is 0 Å². The molecule has 0 aliphatic carbocycles. The summed E-state index contributed by atoms with van der Waals surface area (Å²) < 4.78 is 29.2. The Morgan fingerprint density at radius 3 is 2.74 bits per heavy atom. The van der Waals surface area contributed by atoms with Gasteiger partial charge in [-0.3, -0.25) is 4.72 Å². The molecule has 0 aliphatic heterocycles. The van der Waals surface area contributed by atoms with Crippen LogP contribution in [0.2, 0.25) is 0 Å². The maximum Gasteiger partial charge on any atom is 0.282 e. The summed E-state index contributed by atoms with van der Waals surface area (Å²) in [6.07, 6.45) is 4.50. The van der Waals surface area contributed by atoms with Crippen molar-refractivity contribution in [2.24, 2.45) is 0 Å². The molecule has 0 spiro atoms. The van der Waals surface area contributed by atoms with Crippen LogP contribution in [0.15, 0.2) is 34.3 Å². The highest BCUT2D eigenvalue weighted by Gasteiger charge is 2.18. The Labute approximate surface area is 120 Å². The molecule has 2 rings (SSSR count). The van der Waals surface area contributed by atoms with Gasteiger partial charge in [0, 0.05) is 23.4 Å². The minimum absolute atomic E-state index is 0.0153. The van der Waals surface area contributed by atoms with Gasteiger partial charge in [0.15, 0.2) is 5.03 Å². The van der Waals surface area contributed by atoms with Crippen molar-refractivity contribution in [3.63, 3.8) is 0 Å². The molecule has 0 unspecified atom stereocenters. The normalized spacial score (nSPS) is 11.5. The molecule has 0 fully saturated rings. The first-order chi connectivity index (χ1) is 8.92. The summed E-state index contributed by atoms with van der Waals surface area (Å²) in [4.78, 5) is 7.92. The first-order valence-corrected chi connectivity index (χ1v) is 7.86. The van der Waals surface area contributed by atoms with Gasteiger partial charge in [0.05, 0.1) is 6.33 Å². The van der Waals surface area contributed by atoms with Gasteiger partial charge >= 0.3 is 0 Å². The van der Waals surface area contributed by atoms with Crippen LogP contribution in [0.1, 0.15) is 12.5 Å². The van der Waals surface area contributed by atoms with Crippen LogP contribution in [0.3, 0.4) is 0 Å². The zero-order chi connectivity index (χ0) is 14.0. The van der Waals surface area contributed by atoms with Crippen molar-refractivity contribution in [1.29, 1.82) is 0 Å². The van der Waals surface area contributed by atoms with Gasteiger partial charge < -0.3 is 4.57 Å². The number of nitrogens with one attached hydrogen (secondary N) is 1. The van der Waals surface area contributed by atoms with E-state index in [0.717, 1.165) is 10.0 Å². The molecule has 0 bridgehead atoms. The SMILES string of the molecule is CCn1cnc(S(=O)(=O)Nc2ncc(Br)cc2C)c1. The van der Waals surface area contributed by atoms with Crippen molar-refractivity contribution in [1.82, 2.24) is 14.5 Å². The molecule has 2 heterocycles. The fraction of sp³-hybridized carbons (Fsp3) is 0.273. The summed E-state index contributed by atoms with van der Waals surface area (Å²) in [6, 6.07) is 1.79. The zero-order valence-corrected chi connectivity index (χ0v) is 12.9. The number of imidazole rings is 1. The van der Waals surface area contributed by atoms with E-state index in [2.05, 4.69) is 30.6 Å². The number of anilines is 1. The third-order valence-electron chi connectivity index (χ3n) is 2.53. The van der Waals surface area contributed by atoms with Crippen molar-refractivity contribution in [2.45, 2.75) is 25.4 Å². The number of sulfonamides is 1. The van der Waals surface area contributed by atoms with Gasteiger partial charge in [-0.25, -0.2) is 9.97 Å². The van der Waals surface area contributed by atoms with Gasteiger partial charge in [-0.05, 0) is 41.4 Å². The maximum atomic E-state index is 12.1. The molecular formula is C11H13BrN4O2S. The van der Waals surface area contributed by atoms with E-state index in [4.69, 9.17) is 0 Å². The van der Waals surface area contributed by atoms with Crippen molar-refractivity contribution < 1.29 is 8.42 Å². The lowest BCUT2D eigenvalue weighted by Crippen LogP contribution is -2.15. The molecule has 0 aliphatic rings. The van der Waals surface area contributed by atoms with E-state index in [1.165, 1.54) is 18.7 Å². The predicted octanol–water partition coefficient (Wildman–Crippen LogP) is 2.17. The standard InChI is InChI=1S/C11H13BrN4O2S/c1-3-16-6-10(14-7-16)19(17,18)15-11-8(2)4-9(12)5-13-11/h4-7H,3H2,1-2H3,(H,13,15). The Morgan fingerprint density at radius 2 is 2.16 bits per heavy atom. The number of hydrogen-bond donors (Lipinski definition) is 1. The Balaban J connectivity index is 2.30. The second-order valence-electron chi connectivity index (χ2n) is 3.97. The molecule has 0 aromatic carbocycles. The van der Waals surface area contributed by atoms with Gasteiger partial charge in [-0.2, -0.15) is 8.42 Å². The van der Waals surface area contributed by atoms with Crippen LogP contribution in [-0.2, 0) is 16.6 Å². The van der Waals surface area contributed by atoms with Crippen LogP contribution in [0.4, 0.5) is 5.82 Å². The summed E-state index contributed by atoms with van der Waals surface area (Å²) in [5.74, 6) is 0.300. The van der Waals surface area contributed by atoms with Crippen LogP contribution in [0, 0.1) is 6.92 Å². The van der Waals surface area contributed by atoms with Crippen molar-refractivity contribution >= 4 is 31.8 Å². The number of aryl methyl sites for hydroxylation is 2. The fourth-order valence-corrected chi connectivity index (χ4v) is 2.96. The smallest absolute Gasteiger partial charge is 0.282 e. The first-order valence-electron chi connectivity index (χ1n) is 5.59. The van der Waals surface area contributed by atoms with Crippen LogP contribution >= 0.6 is 15.9 Å². The van der Waals surface area contributed by atoms with Crippen LogP contribution in [0.5, 0.6) is 0 Å². The summed E-state index contributed by atoms with van der Waals surface area (Å²) >= 11 is 3.28. The van der Waals surface area contributed by atoms with Crippen LogP contribution in [0.25, 0.3) is 0 Å². The van der Waals surface area contributed by atoms with Gasteiger partial charge in [0.2, 0.25) is 0 Å². The Kier molecular flexibility index (Phi) is 3.91. The maximum absolute atomic E-state index is 12.1. The summed E-state index contributed by atoms with van der Waals surface area (Å²) in [6.45, 7) is 4.35. The fourth-order valence-electron chi connectivity index (χ4n) is 1.48. The highest BCUT2D eigenvalue weighted by atomic mass is 79.9. The van der Waals surface area contributed by atoms with Gasteiger partial charge in [-0.1, -0.05) is 0 Å². The lowest BCUT2D eigenvalue weighted by molar-refractivity contribution is 0.597. The molecule has 8 heteroatoms. The Bertz CT molecular complexity index is 696. The number of pyridine rings is 1. The molecule has 2 aromatic rings. The van der Waals surface area contributed by atoms with Crippen molar-refractivity contribution in [3.05, 3.63) is 34.8 Å². The minimum Gasteiger partial charge on any atom is -0.336 e. The second kappa shape index (κ2) is 5.30. The minimum atomic E-state index is -3.70. The van der Waals surface area contributed by atoms with Gasteiger partial charge in [0.1, 0.15) is 5.82 Å². The molecule has 102 valence electrons. The van der Waals surface area contributed by atoms with E-state index in [0.29, 0.717) is 12.4 Å². The quantitative estimate of drug-likeness (QED) is 0.921. The summed E-state index contributed by atoms with van der Waals surface area (Å²) in [5, 5.41) is -0.0153. The topological polar surface area (TPSA) is 76.9 Å². The molecule has 2 aromatic heterocycles. The Morgan fingerprint density at radius 1 is 1.42 bits per heavy atom. The number of aromatic nitrogens is 3.